The number of nitro groups is 1. The average molecular weight is 305 g/mol. The van der Waals surface area contributed by atoms with Crippen LogP contribution in [-0.4, -0.2) is 67.2 Å². The van der Waals surface area contributed by atoms with Gasteiger partial charge in [-0.05, 0) is 13.1 Å². The van der Waals surface area contributed by atoms with Crippen molar-refractivity contribution >= 4 is 23.1 Å². The third-order valence-electron chi connectivity index (χ3n) is 3.58. The van der Waals surface area contributed by atoms with Crippen LogP contribution in [0.1, 0.15) is 10.4 Å². The van der Waals surface area contributed by atoms with Crippen LogP contribution in [0, 0.1) is 10.1 Å². The maximum atomic E-state index is 12.0. The lowest BCUT2D eigenvalue weighted by Crippen LogP contribution is -2.46. The van der Waals surface area contributed by atoms with E-state index in [1.807, 2.05) is 19.0 Å². The zero-order valence-corrected chi connectivity index (χ0v) is 12.9. The SMILES string of the molecule is CNC(=O)c1cc([N+](=O)[O-])ccc1/N=C1\CN(C)CCN1C. The minimum Gasteiger partial charge on any atom is -0.361 e. The minimum atomic E-state index is -0.524. The lowest BCUT2D eigenvalue weighted by Gasteiger charge is -2.32. The Labute approximate surface area is 128 Å². The molecule has 0 spiro atoms. The summed E-state index contributed by atoms with van der Waals surface area (Å²) in [6.45, 7) is 2.45. The van der Waals surface area contributed by atoms with E-state index >= 15 is 0 Å². The Morgan fingerprint density at radius 3 is 2.73 bits per heavy atom. The van der Waals surface area contributed by atoms with E-state index in [0.717, 1.165) is 18.9 Å². The fourth-order valence-electron chi connectivity index (χ4n) is 2.20. The molecule has 1 saturated heterocycles. The molecule has 0 unspecified atom stereocenters. The first-order valence-electron chi connectivity index (χ1n) is 6.90. The molecule has 1 aliphatic rings. The van der Waals surface area contributed by atoms with Gasteiger partial charge in [0.15, 0.2) is 0 Å². The number of benzene rings is 1. The van der Waals surface area contributed by atoms with Gasteiger partial charge in [-0.3, -0.25) is 19.8 Å². The number of carbonyl (C=O) groups excluding carboxylic acids is 1. The highest BCUT2D eigenvalue weighted by molar-refractivity contribution is 6.01. The van der Waals surface area contributed by atoms with Crippen molar-refractivity contribution < 1.29 is 9.72 Å². The van der Waals surface area contributed by atoms with Crippen LogP contribution in [0.15, 0.2) is 23.2 Å². The number of hydrogen-bond acceptors (Lipinski definition) is 5. The van der Waals surface area contributed by atoms with Crippen molar-refractivity contribution in [2.75, 3.05) is 40.8 Å². The van der Waals surface area contributed by atoms with Crippen LogP contribution < -0.4 is 5.32 Å². The molecule has 0 saturated carbocycles. The van der Waals surface area contributed by atoms with Gasteiger partial charge >= 0.3 is 0 Å². The van der Waals surface area contributed by atoms with Gasteiger partial charge in [-0.2, -0.15) is 0 Å². The van der Waals surface area contributed by atoms with E-state index in [-0.39, 0.29) is 11.3 Å². The van der Waals surface area contributed by atoms with Crippen molar-refractivity contribution in [1.82, 2.24) is 15.1 Å². The zero-order chi connectivity index (χ0) is 16.3. The fourth-order valence-corrected chi connectivity index (χ4v) is 2.20. The van der Waals surface area contributed by atoms with Gasteiger partial charge in [0, 0.05) is 39.3 Å². The van der Waals surface area contributed by atoms with Crippen LogP contribution >= 0.6 is 0 Å². The molecule has 0 radical (unpaired) electrons. The number of piperazine rings is 1. The van der Waals surface area contributed by atoms with Gasteiger partial charge in [0.25, 0.3) is 11.6 Å². The summed E-state index contributed by atoms with van der Waals surface area (Å²) in [5.41, 5.74) is 0.504. The predicted octanol–water partition coefficient (Wildman–Crippen LogP) is 0.862. The Bertz CT molecular complexity index is 629. The van der Waals surface area contributed by atoms with E-state index in [1.54, 1.807) is 0 Å². The summed E-state index contributed by atoms with van der Waals surface area (Å²) in [6, 6.07) is 4.13. The van der Waals surface area contributed by atoms with Gasteiger partial charge in [0.1, 0.15) is 5.84 Å². The molecule has 8 heteroatoms. The Morgan fingerprint density at radius 1 is 1.36 bits per heavy atom. The first-order chi connectivity index (χ1) is 10.4. The lowest BCUT2D eigenvalue weighted by atomic mass is 10.1. The molecule has 1 amide bonds. The molecule has 22 heavy (non-hydrogen) atoms. The molecule has 118 valence electrons. The third-order valence-corrected chi connectivity index (χ3v) is 3.58. The van der Waals surface area contributed by atoms with E-state index in [1.165, 1.54) is 25.2 Å². The molecular formula is C14H19N5O3. The number of carbonyl (C=O) groups is 1. The smallest absolute Gasteiger partial charge is 0.270 e. The summed E-state index contributed by atoms with van der Waals surface area (Å²) in [5.74, 6) is 0.433. The molecular weight excluding hydrogens is 286 g/mol. The largest absolute Gasteiger partial charge is 0.361 e. The van der Waals surface area contributed by atoms with Crippen LogP contribution in [0.25, 0.3) is 0 Å². The number of likely N-dealkylation sites (N-methyl/N-ethyl adjacent to an activating group) is 2. The summed E-state index contributed by atoms with van der Waals surface area (Å²) in [5, 5.41) is 13.4. The standard InChI is InChI=1S/C14H19N5O3/c1-15-14(20)11-8-10(19(21)22)4-5-12(11)16-13-9-17(2)6-7-18(13)3/h4-5,8H,6-7,9H2,1-3H3,(H,15,20)/b16-13+. The molecule has 1 aliphatic heterocycles. The Balaban J connectivity index is 2.45. The topological polar surface area (TPSA) is 91.1 Å². The van der Waals surface area contributed by atoms with Crippen molar-refractivity contribution in [2.24, 2.45) is 4.99 Å². The minimum absolute atomic E-state index is 0.128. The summed E-state index contributed by atoms with van der Waals surface area (Å²) in [6.07, 6.45) is 0. The van der Waals surface area contributed by atoms with Crippen LogP contribution in [0.4, 0.5) is 11.4 Å². The van der Waals surface area contributed by atoms with Gasteiger partial charge in [-0.25, -0.2) is 4.99 Å². The average Bonchev–Trinajstić information content (AvgIpc) is 2.50. The lowest BCUT2D eigenvalue weighted by molar-refractivity contribution is -0.384. The van der Waals surface area contributed by atoms with Crippen molar-refractivity contribution in [3.05, 3.63) is 33.9 Å². The fraction of sp³-hybridized carbons (Fsp3) is 0.429. The first-order valence-corrected chi connectivity index (χ1v) is 6.90. The second-order valence-electron chi connectivity index (χ2n) is 5.23. The number of nitro benzene ring substituents is 1. The summed E-state index contributed by atoms with van der Waals surface area (Å²) in [7, 11) is 5.42. The first kappa shape index (κ1) is 15.9. The number of aliphatic imine (C=N–C) groups is 1. The van der Waals surface area contributed by atoms with Gasteiger partial charge in [0.05, 0.1) is 22.7 Å². The van der Waals surface area contributed by atoms with Gasteiger partial charge < -0.3 is 10.2 Å². The van der Waals surface area contributed by atoms with Crippen LogP contribution in [0.5, 0.6) is 0 Å². The number of hydrogen-bond donors (Lipinski definition) is 1. The van der Waals surface area contributed by atoms with E-state index in [2.05, 4.69) is 15.2 Å². The number of amides is 1. The molecule has 0 atom stereocenters. The molecule has 2 rings (SSSR count). The Hall–Kier alpha value is -2.48. The summed E-state index contributed by atoms with van der Waals surface area (Å²) >= 11 is 0. The number of rotatable bonds is 3. The van der Waals surface area contributed by atoms with Crippen molar-refractivity contribution in [3.8, 4) is 0 Å². The number of amidine groups is 1. The van der Waals surface area contributed by atoms with Crippen LogP contribution in [0.3, 0.4) is 0 Å². The van der Waals surface area contributed by atoms with E-state index < -0.39 is 10.8 Å². The summed E-state index contributed by atoms with van der Waals surface area (Å²) < 4.78 is 0. The quantitative estimate of drug-likeness (QED) is 0.660. The second kappa shape index (κ2) is 6.52. The zero-order valence-electron chi connectivity index (χ0n) is 12.9. The third kappa shape index (κ3) is 3.40. The van der Waals surface area contributed by atoms with Crippen molar-refractivity contribution in [3.63, 3.8) is 0 Å². The molecule has 0 bridgehead atoms. The number of non-ortho nitro benzene ring substituents is 1. The second-order valence-corrected chi connectivity index (χ2v) is 5.23. The Morgan fingerprint density at radius 2 is 2.09 bits per heavy atom. The molecule has 1 fully saturated rings. The number of nitrogens with one attached hydrogen (secondary N) is 1. The molecule has 0 aromatic heterocycles. The molecule has 1 aromatic rings. The van der Waals surface area contributed by atoms with Crippen molar-refractivity contribution in [1.29, 1.82) is 0 Å². The highest BCUT2D eigenvalue weighted by Crippen LogP contribution is 2.25. The van der Waals surface area contributed by atoms with E-state index in [4.69, 9.17) is 0 Å². The molecule has 1 aromatic carbocycles. The normalized spacial score (nSPS) is 17.6. The van der Waals surface area contributed by atoms with Crippen LogP contribution in [-0.2, 0) is 0 Å². The molecule has 1 heterocycles. The molecule has 8 nitrogen and oxygen atoms in total. The van der Waals surface area contributed by atoms with E-state index in [9.17, 15) is 14.9 Å². The highest BCUT2D eigenvalue weighted by atomic mass is 16.6. The van der Waals surface area contributed by atoms with Crippen molar-refractivity contribution in [2.45, 2.75) is 0 Å². The van der Waals surface area contributed by atoms with Gasteiger partial charge in [-0.1, -0.05) is 0 Å². The maximum absolute atomic E-state index is 12.0. The highest BCUT2D eigenvalue weighted by Gasteiger charge is 2.20. The Kier molecular flexibility index (Phi) is 4.71. The van der Waals surface area contributed by atoms with Gasteiger partial charge in [-0.15, -0.1) is 0 Å². The summed E-state index contributed by atoms with van der Waals surface area (Å²) in [4.78, 5) is 31.0. The van der Waals surface area contributed by atoms with E-state index in [0.29, 0.717) is 12.2 Å². The van der Waals surface area contributed by atoms with Crippen LogP contribution in [0.2, 0.25) is 0 Å². The maximum Gasteiger partial charge on any atom is 0.270 e. The monoisotopic (exact) mass is 305 g/mol. The number of nitrogens with zero attached hydrogens (tertiary/aromatic N) is 4. The molecule has 1 N–H and O–H groups in total. The van der Waals surface area contributed by atoms with Gasteiger partial charge in [0.2, 0.25) is 0 Å². The predicted molar refractivity (Wildman–Crippen MR) is 83.7 cm³/mol. The molecule has 0 aliphatic carbocycles.